The molecule has 0 spiro atoms. The third-order valence-electron chi connectivity index (χ3n) is 1.01. The molecule has 0 aliphatic rings. The van der Waals surface area contributed by atoms with Crippen LogP contribution in [0.4, 0.5) is 0 Å². The van der Waals surface area contributed by atoms with Gasteiger partial charge in [0.1, 0.15) is 0 Å². The van der Waals surface area contributed by atoms with Gasteiger partial charge < -0.3 is 11.5 Å². The van der Waals surface area contributed by atoms with Gasteiger partial charge in [0.25, 0.3) is 0 Å². The Morgan fingerprint density at radius 3 is 1.64 bits per heavy atom. The van der Waals surface area contributed by atoms with Crippen molar-refractivity contribution in [1.29, 1.82) is 0 Å². The second-order valence-electron chi connectivity index (χ2n) is 2.64. The van der Waals surface area contributed by atoms with Gasteiger partial charge in [-0.25, -0.2) is 0 Å². The molecular formula is C8H14N2Si. The standard InChI is InChI=1S/C8H14N2Si/c1-11(2,7-3-5-9)8-4-6-10/h5-6,9-10H2,1-2H3. The summed E-state index contributed by atoms with van der Waals surface area (Å²) in [5.41, 5.74) is 16.6. The monoisotopic (exact) mass is 166 g/mol. The van der Waals surface area contributed by atoms with Crippen molar-refractivity contribution in [3.8, 4) is 22.9 Å². The maximum absolute atomic E-state index is 5.24. The van der Waals surface area contributed by atoms with Gasteiger partial charge in [-0.15, -0.1) is 11.1 Å². The largest absolute Gasteiger partial charge is 0.320 e. The van der Waals surface area contributed by atoms with E-state index in [1.807, 2.05) is 0 Å². The smallest absolute Gasteiger partial charge is 0.210 e. The summed E-state index contributed by atoms with van der Waals surface area (Å²) in [5, 5.41) is 0. The Balaban J connectivity index is 4.21. The highest BCUT2D eigenvalue weighted by atomic mass is 28.3. The van der Waals surface area contributed by atoms with E-state index in [0.29, 0.717) is 13.1 Å². The molecule has 4 N–H and O–H groups in total. The van der Waals surface area contributed by atoms with Crippen molar-refractivity contribution in [3.05, 3.63) is 0 Å². The Hall–Kier alpha value is -0.743. The van der Waals surface area contributed by atoms with Gasteiger partial charge in [0, 0.05) is 0 Å². The van der Waals surface area contributed by atoms with Crippen molar-refractivity contribution in [2.75, 3.05) is 13.1 Å². The molecule has 0 amide bonds. The van der Waals surface area contributed by atoms with Gasteiger partial charge in [0.15, 0.2) is 0 Å². The summed E-state index contributed by atoms with van der Waals surface area (Å²) in [6.07, 6.45) is 0. The topological polar surface area (TPSA) is 52.0 Å². The zero-order valence-electron chi connectivity index (χ0n) is 7.07. The normalized spacial score (nSPS) is 9.09. The third kappa shape index (κ3) is 5.69. The molecule has 11 heavy (non-hydrogen) atoms. The predicted octanol–water partition coefficient (Wildman–Crippen LogP) is -0.303. The number of rotatable bonds is 0. The molecule has 0 fully saturated rings. The molecule has 0 aliphatic heterocycles. The number of hydrogen-bond acceptors (Lipinski definition) is 2. The molecule has 0 saturated carbocycles. The van der Waals surface area contributed by atoms with Gasteiger partial charge in [-0.05, 0) is 13.1 Å². The molecule has 0 aromatic heterocycles. The van der Waals surface area contributed by atoms with Gasteiger partial charge >= 0.3 is 0 Å². The van der Waals surface area contributed by atoms with Gasteiger partial charge in [-0.1, -0.05) is 11.8 Å². The fourth-order valence-electron chi connectivity index (χ4n) is 0.575. The van der Waals surface area contributed by atoms with Crippen LogP contribution in [0.15, 0.2) is 0 Å². The summed E-state index contributed by atoms with van der Waals surface area (Å²) in [6.45, 7) is 5.00. The van der Waals surface area contributed by atoms with E-state index in [0.717, 1.165) is 0 Å². The van der Waals surface area contributed by atoms with Crippen molar-refractivity contribution < 1.29 is 0 Å². The lowest BCUT2D eigenvalue weighted by molar-refractivity contribution is 1.30. The van der Waals surface area contributed by atoms with Crippen LogP contribution in [0.5, 0.6) is 0 Å². The second kappa shape index (κ2) is 4.98. The Kier molecular flexibility index (Phi) is 4.64. The van der Waals surface area contributed by atoms with Crippen LogP contribution in [-0.2, 0) is 0 Å². The van der Waals surface area contributed by atoms with Crippen molar-refractivity contribution in [1.82, 2.24) is 0 Å². The molecule has 0 aromatic rings. The van der Waals surface area contributed by atoms with E-state index in [1.165, 1.54) is 0 Å². The Morgan fingerprint density at radius 2 is 1.36 bits per heavy atom. The van der Waals surface area contributed by atoms with E-state index in [9.17, 15) is 0 Å². The average Bonchev–Trinajstić information content (AvgIpc) is 1.97. The summed E-state index contributed by atoms with van der Waals surface area (Å²) in [5.74, 6) is 5.69. The highest BCUT2D eigenvalue weighted by Crippen LogP contribution is 1.95. The van der Waals surface area contributed by atoms with Gasteiger partial charge in [0.2, 0.25) is 8.07 Å². The van der Waals surface area contributed by atoms with E-state index in [4.69, 9.17) is 11.5 Å². The molecule has 60 valence electrons. The minimum absolute atomic E-state index is 0.417. The van der Waals surface area contributed by atoms with E-state index in [2.05, 4.69) is 36.0 Å². The first-order valence-electron chi connectivity index (χ1n) is 3.52. The maximum atomic E-state index is 5.24. The summed E-state index contributed by atoms with van der Waals surface area (Å²) >= 11 is 0. The minimum Gasteiger partial charge on any atom is -0.320 e. The van der Waals surface area contributed by atoms with Gasteiger partial charge in [0.05, 0.1) is 13.1 Å². The van der Waals surface area contributed by atoms with Crippen LogP contribution < -0.4 is 11.5 Å². The molecule has 0 aromatic carbocycles. The van der Waals surface area contributed by atoms with Crippen molar-refractivity contribution in [3.63, 3.8) is 0 Å². The zero-order chi connectivity index (χ0) is 8.74. The van der Waals surface area contributed by atoms with E-state index in [-0.39, 0.29) is 0 Å². The van der Waals surface area contributed by atoms with Crippen molar-refractivity contribution in [2.45, 2.75) is 13.1 Å². The molecule has 0 saturated heterocycles. The molecular weight excluding hydrogens is 152 g/mol. The molecule has 0 atom stereocenters. The first-order valence-corrected chi connectivity index (χ1v) is 6.52. The van der Waals surface area contributed by atoms with Crippen LogP contribution in [0.1, 0.15) is 0 Å². The van der Waals surface area contributed by atoms with Crippen LogP contribution in [0.3, 0.4) is 0 Å². The van der Waals surface area contributed by atoms with Crippen LogP contribution in [0.2, 0.25) is 13.1 Å². The van der Waals surface area contributed by atoms with Crippen molar-refractivity contribution in [2.24, 2.45) is 11.5 Å². The summed E-state index contributed by atoms with van der Waals surface area (Å²) < 4.78 is 0. The number of nitrogens with two attached hydrogens (primary N) is 2. The SMILES string of the molecule is C[Si](C)(C#CCN)C#CCN. The lowest BCUT2D eigenvalue weighted by atomic mass is 10.7. The van der Waals surface area contributed by atoms with E-state index in [1.54, 1.807) is 0 Å². The van der Waals surface area contributed by atoms with E-state index < -0.39 is 8.07 Å². The maximum Gasteiger partial charge on any atom is 0.210 e. The highest BCUT2D eigenvalue weighted by Gasteiger charge is 2.12. The Labute approximate surface area is 69.4 Å². The molecule has 0 rings (SSSR count). The first kappa shape index (κ1) is 10.3. The lowest BCUT2D eigenvalue weighted by Gasteiger charge is -2.02. The van der Waals surface area contributed by atoms with Crippen LogP contribution in [0, 0.1) is 22.9 Å². The van der Waals surface area contributed by atoms with Gasteiger partial charge in [-0.2, -0.15) is 0 Å². The third-order valence-corrected chi connectivity index (χ3v) is 2.61. The molecule has 0 bridgehead atoms. The molecule has 0 radical (unpaired) electrons. The molecule has 0 unspecified atom stereocenters. The predicted molar refractivity (Wildman–Crippen MR) is 51.1 cm³/mol. The van der Waals surface area contributed by atoms with E-state index >= 15 is 0 Å². The van der Waals surface area contributed by atoms with Crippen LogP contribution in [0.25, 0.3) is 0 Å². The molecule has 2 nitrogen and oxygen atoms in total. The summed E-state index contributed by atoms with van der Waals surface area (Å²) in [4.78, 5) is 0. The summed E-state index contributed by atoms with van der Waals surface area (Å²) in [7, 11) is -1.63. The number of hydrogen-bond donors (Lipinski definition) is 2. The lowest BCUT2D eigenvalue weighted by Crippen LogP contribution is -2.22. The Morgan fingerprint density at radius 1 is 1.00 bits per heavy atom. The highest BCUT2D eigenvalue weighted by molar-refractivity contribution is 6.92. The zero-order valence-corrected chi connectivity index (χ0v) is 8.07. The van der Waals surface area contributed by atoms with Crippen LogP contribution in [-0.4, -0.2) is 21.2 Å². The van der Waals surface area contributed by atoms with Crippen molar-refractivity contribution >= 4 is 8.07 Å². The average molecular weight is 166 g/mol. The molecule has 0 heterocycles. The van der Waals surface area contributed by atoms with Crippen LogP contribution >= 0.6 is 0 Å². The fraction of sp³-hybridized carbons (Fsp3) is 0.500. The summed E-state index contributed by atoms with van der Waals surface area (Å²) in [6, 6.07) is 0. The molecule has 3 heteroatoms. The minimum atomic E-state index is -1.63. The first-order chi connectivity index (χ1) is 5.12. The molecule has 0 aliphatic carbocycles. The fourth-order valence-corrected chi connectivity index (χ4v) is 1.73. The van der Waals surface area contributed by atoms with Gasteiger partial charge in [-0.3, -0.25) is 0 Å². The quantitative estimate of drug-likeness (QED) is 0.383. The Bertz CT molecular complexity index is 200. The second-order valence-corrected chi connectivity index (χ2v) is 6.39.